The SMILES string of the molecule is COCC(C)NC(N)=NCCCN1CCN(Cc2ccccc2)CC1.I. The second kappa shape index (κ2) is 13.3. The Hall–Kier alpha value is -0.900. The van der Waals surface area contributed by atoms with E-state index < -0.39 is 0 Å². The molecule has 1 aromatic rings. The number of methoxy groups -OCH3 is 1. The van der Waals surface area contributed by atoms with Crippen LogP contribution < -0.4 is 11.1 Å². The van der Waals surface area contributed by atoms with E-state index in [1.165, 1.54) is 5.56 Å². The molecule has 1 fully saturated rings. The van der Waals surface area contributed by atoms with E-state index in [4.69, 9.17) is 10.5 Å². The van der Waals surface area contributed by atoms with Gasteiger partial charge in [0.05, 0.1) is 6.61 Å². The molecular formula is C19H34IN5O. The highest BCUT2D eigenvalue weighted by Crippen LogP contribution is 2.08. The number of piperazine rings is 1. The van der Waals surface area contributed by atoms with Crippen molar-refractivity contribution in [2.45, 2.75) is 25.9 Å². The number of nitrogens with zero attached hydrogens (tertiary/aromatic N) is 3. The van der Waals surface area contributed by atoms with E-state index in [-0.39, 0.29) is 30.0 Å². The highest BCUT2D eigenvalue weighted by molar-refractivity contribution is 14.0. The number of nitrogens with two attached hydrogens (primary N) is 1. The minimum absolute atomic E-state index is 0. The third kappa shape index (κ3) is 9.16. The van der Waals surface area contributed by atoms with E-state index >= 15 is 0 Å². The first-order valence-corrected chi connectivity index (χ1v) is 9.21. The fourth-order valence-electron chi connectivity index (χ4n) is 3.10. The van der Waals surface area contributed by atoms with Crippen LogP contribution >= 0.6 is 24.0 Å². The van der Waals surface area contributed by atoms with Gasteiger partial charge in [0.2, 0.25) is 0 Å². The molecule has 1 aliphatic rings. The van der Waals surface area contributed by atoms with Crippen LogP contribution in [0.5, 0.6) is 0 Å². The van der Waals surface area contributed by atoms with Gasteiger partial charge in [0.1, 0.15) is 0 Å². The standard InChI is InChI=1S/C19H33N5O.HI/c1-17(16-25-2)22-19(20)21-9-6-10-23-11-13-24(14-12-23)15-18-7-4-3-5-8-18;/h3-5,7-8,17H,6,9-16H2,1-2H3,(H3,20,21,22);1H. The van der Waals surface area contributed by atoms with E-state index in [1.54, 1.807) is 7.11 Å². The highest BCUT2D eigenvalue weighted by Gasteiger charge is 2.16. The lowest BCUT2D eigenvalue weighted by molar-refractivity contribution is 0.127. The van der Waals surface area contributed by atoms with E-state index in [9.17, 15) is 0 Å². The highest BCUT2D eigenvalue weighted by atomic mass is 127. The average molecular weight is 475 g/mol. The second-order valence-corrected chi connectivity index (χ2v) is 6.72. The van der Waals surface area contributed by atoms with Gasteiger partial charge in [0.15, 0.2) is 5.96 Å². The summed E-state index contributed by atoms with van der Waals surface area (Å²) in [5.41, 5.74) is 7.28. The topological polar surface area (TPSA) is 66.1 Å². The summed E-state index contributed by atoms with van der Waals surface area (Å²) >= 11 is 0. The van der Waals surface area contributed by atoms with Gasteiger partial charge >= 0.3 is 0 Å². The third-order valence-corrected chi connectivity index (χ3v) is 4.44. The van der Waals surface area contributed by atoms with Gasteiger partial charge in [-0.05, 0) is 18.9 Å². The number of halogens is 1. The number of rotatable bonds is 9. The van der Waals surface area contributed by atoms with Crippen molar-refractivity contribution in [2.75, 3.05) is 53.0 Å². The molecule has 1 heterocycles. The van der Waals surface area contributed by atoms with Crippen molar-refractivity contribution < 1.29 is 4.74 Å². The summed E-state index contributed by atoms with van der Waals surface area (Å²) in [6.45, 7) is 10.1. The molecule has 0 amide bonds. The van der Waals surface area contributed by atoms with Gasteiger partial charge in [0, 0.05) is 59.0 Å². The first-order chi connectivity index (χ1) is 12.2. The Morgan fingerprint density at radius 2 is 1.85 bits per heavy atom. The molecule has 148 valence electrons. The van der Waals surface area contributed by atoms with Gasteiger partial charge in [-0.15, -0.1) is 24.0 Å². The zero-order chi connectivity index (χ0) is 17.9. The fourth-order valence-corrected chi connectivity index (χ4v) is 3.10. The molecule has 3 N–H and O–H groups in total. The summed E-state index contributed by atoms with van der Waals surface area (Å²) in [6, 6.07) is 10.9. The Kier molecular flexibility index (Phi) is 11.8. The van der Waals surface area contributed by atoms with Crippen molar-refractivity contribution in [3.63, 3.8) is 0 Å². The molecule has 0 saturated carbocycles. The predicted octanol–water partition coefficient (Wildman–Crippen LogP) is 1.75. The molecule has 1 atom stereocenters. The molecular weight excluding hydrogens is 441 g/mol. The van der Waals surface area contributed by atoms with Crippen molar-refractivity contribution in [1.29, 1.82) is 0 Å². The van der Waals surface area contributed by atoms with Crippen LogP contribution in [-0.2, 0) is 11.3 Å². The van der Waals surface area contributed by atoms with Crippen molar-refractivity contribution in [3.8, 4) is 0 Å². The molecule has 6 nitrogen and oxygen atoms in total. The quantitative estimate of drug-likeness (QED) is 0.247. The van der Waals surface area contributed by atoms with E-state index in [0.29, 0.717) is 12.6 Å². The monoisotopic (exact) mass is 475 g/mol. The van der Waals surface area contributed by atoms with Crippen molar-refractivity contribution >= 4 is 29.9 Å². The molecule has 0 bridgehead atoms. The maximum absolute atomic E-state index is 5.88. The molecule has 1 aliphatic heterocycles. The van der Waals surface area contributed by atoms with Gasteiger partial charge in [0.25, 0.3) is 0 Å². The number of hydrogen-bond donors (Lipinski definition) is 2. The van der Waals surface area contributed by atoms with Crippen LogP contribution in [0.3, 0.4) is 0 Å². The predicted molar refractivity (Wildman–Crippen MR) is 119 cm³/mol. The van der Waals surface area contributed by atoms with Gasteiger partial charge in [-0.25, -0.2) is 0 Å². The average Bonchev–Trinajstić information content (AvgIpc) is 2.61. The van der Waals surface area contributed by atoms with Crippen LogP contribution in [0.25, 0.3) is 0 Å². The Bertz CT molecular complexity index is 506. The largest absolute Gasteiger partial charge is 0.383 e. The number of ether oxygens (including phenoxy) is 1. The zero-order valence-corrected chi connectivity index (χ0v) is 18.4. The summed E-state index contributed by atoms with van der Waals surface area (Å²) < 4.78 is 5.07. The fraction of sp³-hybridized carbons (Fsp3) is 0.632. The Morgan fingerprint density at radius 3 is 2.50 bits per heavy atom. The smallest absolute Gasteiger partial charge is 0.188 e. The van der Waals surface area contributed by atoms with Crippen molar-refractivity contribution in [1.82, 2.24) is 15.1 Å². The van der Waals surface area contributed by atoms with E-state index in [2.05, 4.69) is 50.4 Å². The van der Waals surface area contributed by atoms with Gasteiger partial charge in [-0.1, -0.05) is 30.3 Å². The lowest BCUT2D eigenvalue weighted by atomic mass is 10.2. The number of aliphatic imine (C=N–C) groups is 1. The van der Waals surface area contributed by atoms with Crippen LogP contribution in [0.2, 0.25) is 0 Å². The molecule has 2 rings (SSSR count). The normalized spacial score (nSPS) is 17.5. The maximum atomic E-state index is 5.88. The van der Waals surface area contributed by atoms with Gasteiger partial charge in [-0.3, -0.25) is 9.89 Å². The lowest BCUT2D eigenvalue weighted by Gasteiger charge is -2.34. The van der Waals surface area contributed by atoms with Crippen molar-refractivity contribution in [3.05, 3.63) is 35.9 Å². The van der Waals surface area contributed by atoms with Crippen LogP contribution in [0.15, 0.2) is 35.3 Å². The summed E-state index contributed by atoms with van der Waals surface area (Å²) in [4.78, 5) is 9.45. The van der Waals surface area contributed by atoms with E-state index in [0.717, 1.165) is 52.2 Å². The number of guanidine groups is 1. The molecule has 1 unspecified atom stereocenters. The number of hydrogen-bond acceptors (Lipinski definition) is 4. The first kappa shape index (κ1) is 23.1. The summed E-state index contributed by atoms with van der Waals surface area (Å²) in [5.74, 6) is 0.511. The molecule has 1 aromatic carbocycles. The molecule has 7 heteroatoms. The van der Waals surface area contributed by atoms with Crippen LogP contribution in [0.1, 0.15) is 18.9 Å². The summed E-state index contributed by atoms with van der Waals surface area (Å²) in [5, 5.41) is 3.13. The van der Waals surface area contributed by atoms with Gasteiger partial charge < -0.3 is 20.7 Å². The number of benzene rings is 1. The molecule has 1 saturated heterocycles. The molecule has 0 aromatic heterocycles. The minimum atomic E-state index is 0. The lowest BCUT2D eigenvalue weighted by Crippen LogP contribution is -2.46. The van der Waals surface area contributed by atoms with Gasteiger partial charge in [-0.2, -0.15) is 0 Å². The molecule has 26 heavy (non-hydrogen) atoms. The first-order valence-electron chi connectivity index (χ1n) is 9.21. The Labute approximate surface area is 175 Å². The molecule has 0 aliphatic carbocycles. The van der Waals surface area contributed by atoms with E-state index in [1.807, 2.05) is 6.92 Å². The Balaban J connectivity index is 0.00000338. The zero-order valence-electron chi connectivity index (χ0n) is 16.1. The second-order valence-electron chi connectivity index (χ2n) is 6.72. The minimum Gasteiger partial charge on any atom is -0.383 e. The van der Waals surface area contributed by atoms with Crippen LogP contribution in [0.4, 0.5) is 0 Å². The Morgan fingerprint density at radius 1 is 1.19 bits per heavy atom. The van der Waals surface area contributed by atoms with Crippen LogP contribution in [-0.4, -0.2) is 74.8 Å². The third-order valence-electron chi connectivity index (χ3n) is 4.44. The summed E-state index contributed by atoms with van der Waals surface area (Å²) in [6.07, 6.45) is 1.04. The van der Waals surface area contributed by atoms with Crippen molar-refractivity contribution in [2.24, 2.45) is 10.7 Å². The maximum Gasteiger partial charge on any atom is 0.188 e. The van der Waals surface area contributed by atoms with Crippen LogP contribution in [0, 0.1) is 0 Å². The summed E-state index contributed by atoms with van der Waals surface area (Å²) in [7, 11) is 1.69. The number of nitrogens with one attached hydrogen (secondary N) is 1. The molecule has 0 radical (unpaired) electrons. The molecule has 0 spiro atoms.